The van der Waals surface area contributed by atoms with Crippen LogP contribution in [0.2, 0.25) is 0 Å². The van der Waals surface area contributed by atoms with Gasteiger partial charge in [0, 0.05) is 5.56 Å². The van der Waals surface area contributed by atoms with Crippen molar-refractivity contribution in [2.24, 2.45) is 0 Å². The molecule has 108 valence electrons. The van der Waals surface area contributed by atoms with E-state index in [4.69, 9.17) is 0 Å². The fourth-order valence-corrected chi connectivity index (χ4v) is 2.21. The number of hydrogen-bond acceptors (Lipinski definition) is 2. The molecule has 0 bridgehead atoms. The summed E-state index contributed by atoms with van der Waals surface area (Å²) in [5, 5.41) is 13.5. The normalized spacial score (nSPS) is 11.9. The van der Waals surface area contributed by atoms with Crippen molar-refractivity contribution < 1.29 is 14.7 Å². The number of carbonyl (C=O) groups excluding carboxylic acids is 1. The van der Waals surface area contributed by atoms with E-state index < -0.39 is 12.0 Å². The molecule has 21 heavy (non-hydrogen) atoms. The Bertz CT molecular complexity index is 701. The van der Waals surface area contributed by atoms with Crippen LogP contribution in [0.1, 0.15) is 23.7 Å². The first-order valence-corrected chi connectivity index (χ1v) is 6.65. The van der Waals surface area contributed by atoms with Crippen molar-refractivity contribution in [3.8, 4) is 0 Å². The van der Waals surface area contributed by atoms with Gasteiger partial charge >= 0.3 is 5.97 Å². The van der Waals surface area contributed by atoms with Crippen LogP contribution in [0.15, 0.2) is 54.6 Å². The van der Waals surface area contributed by atoms with Gasteiger partial charge in [-0.3, -0.25) is 4.79 Å². The predicted molar refractivity (Wildman–Crippen MR) is 82.3 cm³/mol. The Kier molecular flexibility index (Phi) is 4.38. The van der Waals surface area contributed by atoms with E-state index in [0.717, 1.165) is 10.8 Å². The molecule has 0 fully saturated rings. The molecule has 0 aliphatic carbocycles. The van der Waals surface area contributed by atoms with Crippen molar-refractivity contribution in [1.82, 2.24) is 5.32 Å². The van der Waals surface area contributed by atoms with Crippen LogP contribution >= 0.6 is 0 Å². The Morgan fingerprint density at radius 3 is 2.52 bits per heavy atom. The monoisotopic (exact) mass is 283 g/mol. The molecule has 4 heteroatoms. The molecule has 0 radical (unpaired) electrons. The van der Waals surface area contributed by atoms with Crippen LogP contribution in [-0.4, -0.2) is 23.0 Å². The summed E-state index contributed by atoms with van der Waals surface area (Å²) in [5.74, 6) is -1.45. The fraction of sp³-hybridized carbons (Fsp3) is 0.176. The summed E-state index contributed by atoms with van der Waals surface area (Å²) >= 11 is 0. The highest BCUT2D eigenvalue weighted by Gasteiger charge is 2.21. The van der Waals surface area contributed by atoms with Gasteiger partial charge in [-0.05, 0) is 30.2 Å². The number of fused-ring (bicyclic) bond motifs is 1. The minimum Gasteiger partial charge on any atom is -0.480 e. The number of rotatable bonds is 5. The van der Waals surface area contributed by atoms with Crippen molar-refractivity contribution in [3.05, 3.63) is 60.2 Å². The number of amides is 1. The maximum Gasteiger partial charge on any atom is 0.326 e. The Morgan fingerprint density at radius 1 is 1.19 bits per heavy atom. The molecule has 4 nitrogen and oxygen atoms in total. The number of carboxylic acids is 1. The number of benzene rings is 2. The number of carbonyl (C=O) groups is 2. The molecule has 2 N–H and O–H groups in total. The van der Waals surface area contributed by atoms with E-state index in [9.17, 15) is 14.7 Å². The first-order chi connectivity index (χ1) is 9.99. The Balaban J connectivity index is 2.29. The van der Waals surface area contributed by atoms with Crippen LogP contribution in [-0.2, 0) is 4.79 Å². The molecular formula is C17H17NO3. The summed E-state index contributed by atoms with van der Waals surface area (Å²) in [6.45, 7) is 5.43. The minimum atomic E-state index is -1.06. The molecule has 1 amide bonds. The van der Waals surface area contributed by atoms with Crippen molar-refractivity contribution in [3.63, 3.8) is 0 Å². The summed E-state index contributed by atoms with van der Waals surface area (Å²) in [6, 6.07) is 11.9. The van der Waals surface area contributed by atoms with Crippen molar-refractivity contribution >= 4 is 22.6 Å². The lowest BCUT2D eigenvalue weighted by molar-refractivity contribution is -0.139. The summed E-state index contributed by atoms with van der Waals surface area (Å²) in [7, 11) is 0. The largest absolute Gasteiger partial charge is 0.480 e. The average Bonchev–Trinajstić information content (AvgIpc) is 2.45. The maximum absolute atomic E-state index is 12.4. The van der Waals surface area contributed by atoms with E-state index in [1.807, 2.05) is 30.3 Å². The molecule has 1 atom stereocenters. The van der Waals surface area contributed by atoms with E-state index in [-0.39, 0.29) is 12.3 Å². The van der Waals surface area contributed by atoms with Crippen molar-refractivity contribution in [2.75, 3.05) is 0 Å². The Hall–Kier alpha value is -2.62. The summed E-state index contributed by atoms with van der Waals surface area (Å²) in [4.78, 5) is 23.6. The van der Waals surface area contributed by atoms with Gasteiger partial charge in [-0.1, -0.05) is 42.0 Å². The minimum absolute atomic E-state index is 0.214. The molecule has 0 saturated heterocycles. The first-order valence-electron chi connectivity index (χ1n) is 6.65. The fourth-order valence-electron chi connectivity index (χ4n) is 2.21. The second kappa shape index (κ2) is 6.22. The third kappa shape index (κ3) is 3.48. The third-order valence-corrected chi connectivity index (χ3v) is 3.19. The zero-order valence-corrected chi connectivity index (χ0v) is 11.8. The zero-order chi connectivity index (χ0) is 15.4. The van der Waals surface area contributed by atoms with Crippen LogP contribution in [0.4, 0.5) is 0 Å². The van der Waals surface area contributed by atoms with E-state index in [1.54, 1.807) is 19.1 Å². The second-order valence-electron chi connectivity index (χ2n) is 5.05. The third-order valence-electron chi connectivity index (χ3n) is 3.19. The van der Waals surface area contributed by atoms with Crippen LogP contribution in [0.3, 0.4) is 0 Å². The van der Waals surface area contributed by atoms with E-state index in [0.29, 0.717) is 11.1 Å². The zero-order valence-electron chi connectivity index (χ0n) is 11.8. The van der Waals surface area contributed by atoms with Crippen LogP contribution in [0.5, 0.6) is 0 Å². The quantitative estimate of drug-likeness (QED) is 0.829. The van der Waals surface area contributed by atoms with Gasteiger partial charge in [0.25, 0.3) is 5.91 Å². The topological polar surface area (TPSA) is 66.4 Å². The molecule has 0 saturated carbocycles. The lowest BCUT2D eigenvalue weighted by Gasteiger charge is -2.15. The molecule has 0 aromatic heterocycles. The van der Waals surface area contributed by atoms with Crippen LogP contribution in [0, 0.1) is 0 Å². The number of nitrogens with one attached hydrogen (secondary N) is 1. The molecular weight excluding hydrogens is 266 g/mol. The van der Waals surface area contributed by atoms with E-state index >= 15 is 0 Å². The molecule has 0 spiro atoms. The van der Waals surface area contributed by atoms with Crippen molar-refractivity contribution in [2.45, 2.75) is 19.4 Å². The van der Waals surface area contributed by atoms with Gasteiger partial charge in [0.1, 0.15) is 6.04 Å². The van der Waals surface area contributed by atoms with Gasteiger partial charge in [-0.2, -0.15) is 0 Å². The summed E-state index contributed by atoms with van der Waals surface area (Å²) in [5.41, 5.74) is 1.18. The lowest BCUT2D eigenvalue weighted by atomic mass is 10.0. The van der Waals surface area contributed by atoms with Gasteiger partial charge in [0.2, 0.25) is 0 Å². The number of carboxylic acid groups (broad SMARTS) is 1. The van der Waals surface area contributed by atoms with Crippen molar-refractivity contribution in [1.29, 1.82) is 0 Å². The highest BCUT2D eigenvalue weighted by molar-refractivity contribution is 6.07. The Morgan fingerprint density at radius 2 is 1.86 bits per heavy atom. The van der Waals surface area contributed by atoms with Gasteiger partial charge in [0.05, 0.1) is 0 Å². The molecule has 2 rings (SSSR count). The highest BCUT2D eigenvalue weighted by atomic mass is 16.4. The van der Waals surface area contributed by atoms with E-state index in [2.05, 4.69) is 11.9 Å². The highest BCUT2D eigenvalue weighted by Crippen LogP contribution is 2.18. The summed E-state index contributed by atoms with van der Waals surface area (Å²) < 4.78 is 0. The number of hydrogen-bond donors (Lipinski definition) is 2. The van der Waals surface area contributed by atoms with Gasteiger partial charge in [-0.15, -0.1) is 6.58 Å². The van der Waals surface area contributed by atoms with Gasteiger partial charge < -0.3 is 10.4 Å². The second-order valence-corrected chi connectivity index (χ2v) is 5.05. The average molecular weight is 283 g/mol. The standard InChI is InChI=1S/C17H17NO3/c1-11(2)10-15(17(20)21)18-16(19)14-9-5-7-12-6-3-4-8-13(12)14/h3-9,15H,1,10H2,2H3,(H,18,19)(H,20,21)/t15-/m1/s1. The summed E-state index contributed by atoms with van der Waals surface area (Å²) in [6.07, 6.45) is 0.214. The van der Waals surface area contributed by atoms with Crippen LogP contribution < -0.4 is 5.32 Å². The maximum atomic E-state index is 12.4. The lowest BCUT2D eigenvalue weighted by Crippen LogP contribution is -2.40. The Labute approximate surface area is 123 Å². The molecule has 2 aromatic rings. The van der Waals surface area contributed by atoms with Gasteiger partial charge in [-0.25, -0.2) is 4.79 Å². The molecule has 0 heterocycles. The molecule has 0 aliphatic heterocycles. The predicted octanol–water partition coefficient (Wildman–Crippen LogP) is 2.99. The smallest absolute Gasteiger partial charge is 0.326 e. The SMILES string of the molecule is C=C(C)C[C@@H](NC(=O)c1cccc2ccccc12)C(=O)O. The van der Waals surface area contributed by atoms with E-state index in [1.165, 1.54) is 0 Å². The number of aliphatic carboxylic acids is 1. The molecule has 2 aromatic carbocycles. The van der Waals surface area contributed by atoms with Gasteiger partial charge in [0.15, 0.2) is 0 Å². The molecule has 0 aliphatic rings. The molecule has 0 unspecified atom stereocenters. The first kappa shape index (κ1) is 14.8. The van der Waals surface area contributed by atoms with Crippen LogP contribution in [0.25, 0.3) is 10.8 Å².